The van der Waals surface area contributed by atoms with Crippen molar-refractivity contribution in [3.63, 3.8) is 0 Å². The van der Waals surface area contributed by atoms with Gasteiger partial charge in [-0.1, -0.05) is 12.1 Å². The van der Waals surface area contributed by atoms with Gasteiger partial charge in [0.05, 0.1) is 12.2 Å². The molecule has 2 rings (SSSR count). The van der Waals surface area contributed by atoms with Crippen LogP contribution in [0.3, 0.4) is 0 Å². The largest absolute Gasteiger partial charge is 0.379 e. The number of amides is 1. The van der Waals surface area contributed by atoms with Crippen LogP contribution in [0.5, 0.6) is 0 Å². The number of pyridine rings is 1. The molecule has 0 aliphatic heterocycles. The zero-order valence-electron chi connectivity index (χ0n) is 12.0. The van der Waals surface area contributed by atoms with Crippen LogP contribution in [0.4, 0.5) is 11.4 Å². The van der Waals surface area contributed by atoms with Crippen molar-refractivity contribution in [1.29, 1.82) is 0 Å². The van der Waals surface area contributed by atoms with Gasteiger partial charge >= 0.3 is 0 Å². The minimum absolute atomic E-state index is 0.0644. The Labute approximate surface area is 119 Å². The number of hydrogen-bond acceptors (Lipinski definition) is 3. The van der Waals surface area contributed by atoms with Gasteiger partial charge in [0.1, 0.15) is 0 Å². The number of aryl methyl sites for hydroxylation is 2. The molecule has 0 aliphatic rings. The summed E-state index contributed by atoms with van der Waals surface area (Å²) in [5, 5.41) is 6.13. The number of carbonyl (C=O) groups is 1. The van der Waals surface area contributed by atoms with E-state index in [1.807, 2.05) is 50.4 Å². The van der Waals surface area contributed by atoms with Crippen LogP contribution in [-0.2, 0) is 11.3 Å². The van der Waals surface area contributed by atoms with Gasteiger partial charge in [-0.05, 0) is 43.2 Å². The first-order valence-corrected chi connectivity index (χ1v) is 6.58. The Morgan fingerprint density at radius 1 is 1.20 bits per heavy atom. The average molecular weight is 269 g/mol. The minimum atomic E-state index is -0.0644. The van der Waals surface area contributed by atoms with Gasteiger partial charge in [0.25, 0.3) is 0 Å². The Kier molecular flexibility index (Phi) is 4.35. The molecule has 0 bridgehead atoms. The van der Waals surface area contributed by atoms with E-state index in [2.05, 4.69) is 15.6 Å². The maximum Gasteiger partial charge on any atom is 0.221 e. The molecule has 2 N–H and O–H groups in total. The molecule has 2 aromatic rings. The summed E-state index contributed by atoms with van der Waals surface area (Å²) in [6.07, 6.45) is 1.86. The van der Waals surface area contributed by atoms with Gasteiger partial charge < -0.3 is 10.6 Å². The molecule has 0 radical (unpaired) electrons. The van der Waals surface area contributed by atoms with Crippen LogP contribution >= 0.6 is 0 Å². The highest BCUT2D eigenvalue weighted by Gasteiger charge is 2.02. The zero-order chi connectivity index (χ0) is 14.5. The SMILES string of the molecule is CC(=O)Nc1cc(NCc2ccc(C)cn2)ccc1C. The fourth-order valence-electron chi connectivity index (χ4n) is 1.85. The fourth-order valence-corrected chi connectivity index (χ4v) is 1.85. The van der Waals surface area contributed by atoms with Crippen molar-refractivity contribution in [3.05, 3.63) is 53.3 Å². The summed E-state index contributed by atoms with van der Waals surface area (Å²) >= 11 is 0. The lowest BCUT2D eigenvalue weighted by molar-refractivity contribution is -0.114. The third kappa shape index (κ3) is 3.82. The predicted octanol–water partition coefficient (Wildman–Crippen LogP) is 3.27. The highest BCUT2D eigenvalue weighted by Crippen LogP contribution is 2.20. The number of benzene rings is 1. The second kappa shape index (κ2) is 6.19. The van der Waals surface area contributed by atoms with Gasteiger partial charge in [-0.2, -0.15) is 0 Å². The summed E-state index contributed by atoms with van der Waals surface area (Å²) in [6.45, 7) is 6.15. The molecular weight excluding hydrogens is 250 g/mol. The van der Waals surface area contributed by atoms with Crippen molar-refractivity contribution < 1.29 is 4.79 Å². The first-order chi connectivity index (χ1) is 9.54. The standard InChI is InChI=1S/C16H19N3O/c1-11-4-6-15(17-9-11)10-18-14-7-5-12(2)16(8-14)19-13(3)20/h4-9,18H,10H2,1-3H3,(H,19,20). The molecule has 1 heterocycles. The van der Waals surface area contributed by atoms with E-state index in [1.165, 1.54) is 6.92 Å². The zero-order valence-corrected chi connectivity index (χ0v) is 12.0. The van der Waals surface area contributed by atoms with Crippen LogP contribution in [0.1, 0.15) is 23.7 Å². The topological polar surface area (TPSA) is 54.0 Å². The summed E-state index contributed by atoms with van der Waals surface area (Å²) in [7, 11) is 0. The Morgan fingerprint density at radius 3 is 2.65 bits per heavy atom. The van der Waals surface area contributed by atoms with Crippen molar-refractivity contribution in [2.75, 3.05) is 10.6 Å². The number of carbonyl (C=O) groups excluding carboxylic acids is 1. The van der Waals surface area contributed by atoms with Crippen LogP contribution in [-0.4, -0.2) is 10.9 Å². The smallest absolute Gasteiger partial charge is 0.221 e. The van der Waals surface area contributed by atoms with E-state index in [-0.39, 0.29) is 5.91 Å². The Hall–Kier alpha value is -2.36. The molecule has 0 spiro atoms. The highest BCUT2D eigenvalue weighted by molar-refractivity contribution is 5.90. The van der Waals surface area contributed by atoms with Crippen LogP contribution in [0.25, 0.3) is 0 Å². The van der Waals surface area contributed by atoms with E-state index in [0.29, 0.717) is 6.54 Å². The molecule has 1 aromatic carbocycles. The molecule has 0 fully saturated rings. The van der Waals surface area contributed by atoms with Crippen molar-refractivity contribution in [2.45, 2.75) is 27.3 Å². The number of rotatable bonds is 4. The Balaban J connectivity index is 2.06. The van der Waals surface area contributed by atoms with Gasteiger partial charge in [-0.3, -0.25) is 9.78 Å². The Morgan fingerprint density at radius 2 is 2.00 bits per heavy atom. The number of hydrogen-bond donors (Lipinski definition) is 2. The molecule has 1 amide bonds. The maximum atomic E-state index is 11.1. The summed E-state index contributed by atoms with van der Waals surface area (Å²) in [5.41, 5.74) is 4.97. The van der Waals surface area contributed by atoms with Gasteiger partial charge in [0, 0.05) is 24.5 Å². The molecule has 1 aromatic heterocycles. The van der Waals surface area contributed by atoms with E-state index < -0.39 is 0 Å². The molecular formula is C16H19N3O. The van der Waals surface area contributed by atoms with E-state index >= 15 is 0 Å². The number of aromatic nitrogens is 1. The van der Waals surface area contributed by atoms with Crippen LogP contribution in [0.2, 0.25) is 0 Å². The van der Waals surface area contributed by atoms with E-state index in [0.717, 1.165) is 28.2 Å². The quantitative estimate of drug-likeness (QED) is 0.895. The first-order valence-electron chi connectivity index (χ1n) is 6.58. The maximum absolute atomic E-state index is 11.1. The predicted molar refractivity (Wildman–Crippen MR) is 81.8 cm³/mol. The van der Waals surface area contributed by atoms with Crippen molar-refractivity contribution in [3.8, 4) is 0 Å². The van der Waals surface area contributed by atoms with Crippen LogP contribution in [0, 0.1) is 13.8 Å². The second-order valence-electron chi connectivity index (χ2n) is 4.89. The third-order valence-corrected chi connectivity index (χ3v) is 2.99. The molecule has 0 unspecified atom stereocenters. The van der Waals surface area contributed by atoms with E-state index in [1.54, 1.807) is 0 Å². The molecule has 0 atom stereocenters. The molecule has 0 saturated carbocycles. The van der Waals surface area contributed by atoms with E-state index in [9.17, 15) is 4.79 Å². The summed E-state index contributed by atoms with van der Waals surface area (Å²) in [5.74, 6) is -0.0644. The van der Waals surface area contributed by atoms with E-state index in [4.69, 9.17) is 0 Å². The number of nitrogens with one attached hydrogen (secondary N) is 2. The summed E-state index contributed by atoms with van der Waals surface area (Å²) < 4.78 is 0. The van der Waals surface area contributed by atoms with Gasteiger partial charge in [0.2, 0.25) is 5.91 Å². The lowest BCUT2D eigenvalue weighted by Crippen LogP contribution is -2.08. The van der Waals surface area contributed by atoms with Gasteiger partial charge in [-0.25, -0.2) is 0 Å². The summed E-state index contributed by atoms with van der Waals surface area (Å²) in [6, 6.07) is 9.96. The number of anilines is 2. The van der Waals surface area contributed by atoms with Crippen molar-refractivity contribution in [1.82, 2.24) is 4.98 Å². The van der Waals surface area contributed by atoms with Crippen LogP contribution in [0.15, 0.2) is 36.5 Å². The van der Waals surface area contributed by atoms with Gasteiger partial charge in [0.15, 0.2) is 0 Å². The number of nitrogens with zero attached hydrogens (tertiary/aromatic N) is 1. The Bertz CT molecular complexity index is 606. The molecule has 4 nitrogen and oxygen atoms in total. The highest BCUT2D eigenvalue weighted by atomic mass is 16.1. The lowest BCUT2D eigenvalue weighted by atomic mass is 10.1. The van der Waals surface area contributed by atoms with Crippen molar-refractivity contribution >= 4 is 17.3 Å². The van der Waals surface area contributed by atoms with Crippen molar-refractivity contribution in [2.24, 2.45) is 0 Å². The normalized spacial score (nSPS) is 10.2. The summed E-state index contributed by atoms with van der Waals surface area (Å²) in [4.78, 5) is 15.5. The third-order valence-electron chi connectivity index (χ3n) is 2.99. The van der Waals surface area contributed by atoms with Crippen LogP contribution < -0.4 is 10.6 Å². The molecule has 0 aliphatic carbocycles. The fraction of sp³-hybridized carbons (Fsp3) is 0.250. The molecule has 0 saturated heterocycles. The molecule has 20 heavy (non-hydrogen) atoms. The second-order valence-corrected chi connectivity index (χ2v) is 4.89. The van der Waals surface area contributed by atoms with Gasteiger partial charge in [-0.15, -0.1) is 0 Å². The monoisotopic (exact) mass is 269 g/mol. The average Bonchev–Trinajstić information content (AvgIpc) is 2.41. The lowest BCUT2D eigenvalue weighted by Gasteiger charge is -2.11. The molecule has 4 heteroatoms. The minimum Gasteiger partial charge on any atom is -0.379 e. The molecule has 104 valence electrons. The first kappa shape index (κ1) is 14.1.